The van der Waals surface area contributed by atoms with Crippen molar-refractivity contribution in [1.29, 1.82) is 0 Å². The van der Waals surface area contributed by atoms with Gasteiger partial charge in [-0.1, -0.05) is 0 Å². The number of thiophene rings is 1. The average Bonchev–Trinajstić information content (AvgIpc) is 3.18. The Balaban J connectivity index is 1.68. The highest BCUT2D eigenvalue weighted by Gasteiger charge is 2.29. The van der Waals surface area contributed by atoms with Gasteiger partial charge in [0.25, 0.3) is 0 Å². The van der Waals surface area contributed by atoms with Gasteiger partial charge in [0.05, 0.1) is 6.04 Å². The van der Waals surface area contributed by atoms with E-state index in [2.05, 4.69) is 16.4 Å². The molecule has 3 heterocycles. The Morgan fingerprint density at radius 1 is 1.41 bits per heavy atom. The van der Waals surface area contributed by atoms with E-state index in [1.165, 1.54) is 22.5 Å². The van der Waals surface area contributed by atoms with Crippen molar-refractivity contribution in [2.24, 2.45) is 0 Å². The lowest BCUT2D eigenvalue weighted by Gasteiger charge is -2.24. The van der Waals surface area contributed by atoms with Crippen LogP contribution in [0.15, 0.2) is 38.8 Å². The van der Waals surface area contributed by atoms with Gasteiger partial charge in [0.1, 0.15) is 0 Å². The third kappa shape index (κ3) is 2.89. The van der Waals surface area contributed by atoms with Crippen LogP contribution >= 0.6 is 11.3 Å². The summed E-state index contributed by atoms with van der Waals surface area (Å²) >= 11 is 1.63. The van der Waals surface area contributed by atoms with Crippen molar-refractivity contribution in [3.05, 3.63) is 55.5 Å². The van der Waals surface area contributed by atoms with E-state index in [0.717, 1.165) is 19.4 Å². The SMILES string of the molecule is O=C(CCn1cc[nH]c(=O)c1=O)N1CCC[C@@H]1c1ccsc1. The Morgan fingerprint density at radius 3 is 3.05 bits per heavy atom. The lowest BCUT2D eigenvalue weighted by atomic mass is 10.1. The van der Waals surface area contributed by atoms with Gasteiger partial charge in [-0.15, -0.1) is 0 Å². The monoisotopic (exact) mass is 319 g/mol. The van der Waals surface area contributed by atoms with Gasteiger partial charge < -0.3 is 14.5 Å². The maximum Gasteiger partial charge on any atom is 0.316 e. The minimum Gasteiger partial charge on any atom is -0.336 e. The molecule has 116 valence electrons. The molecule has 3 rings (SSSR count). The van der Waals surface area contributed by atoms with Crippen molar-refractivity contribution in [3.8, 4) is 0 Å². The predicted octanol–water partition coefficient (Wildman–Crippen LogP) is 1.35. The Kier molecular flexibility index (Phi) is 4.24. The molecule has 1 aliphatic heterocycles. The van der Waals surface area contributed by atoms with Crippen molar-refractivity contribution < 1.29 is 4.79 Å². The first-order chi connectivity index (χ1) is 10.7. The number of carbonyl (C=O) groups excluding carboxylic acids is 1. The molecule has 1 saturated heterocycles. The molecule has 1 amide bonds. The van der Waals surface area contributed by atoms with Crippen LogP contribution in [0.1, 0.15) is 30.9 Å². The standard InChI is InChI=1S/C15H17N3O3S/c19-13(3-7-17-8-5-16-14(20)15(17)21)18-6-1-2-12(18)11-4-9-22-10-11/h4-5,8-10,12H,1-3,6-7H2,(H,16,20)/t12-/m1/s1. The molecule has 0 spiro atoms. The maximum atomic E-state index is 12.4. The minimum atomic E-state index is -0.660. The van der Waals surface area contributed by atoms with Crippen LogP contribution in [0, 0.1) is 0 Å². The molecule has 0 aromatic carbocycles. The number of likely N-dealkylation sites (tertiary alicyclic amines) is 1. The summed E-state index contributed by atoms with van der Waals surface area (Å²) in [6.07, 6.45) is 5.12. The average molecular weight is 319 g/mol. The van der Waals surface area contributed by atoms with Gasteiger partial charge in [0, 0.05) is 31.9 Å². The van der Waals surface area contributed by atoms with Gasteiger partial charge in [-0.3, -0.25) is 14.4 Å². The highest BCUT2D eigenvalue weighted by Crippen LogP contribution is 2.33. The van der Waals surface area contributed by atoms with Gasteiger partial charge in [-0.2, -0.15) is 11.3 Å². The maximum absolute atomic E-state index is 12.4. The van der Waals surface area contributed by atoms with E-state index in [-0.39, 0.29) is 24.9 Å². The molecule has 2 aromatic rings. The number of rotatable bonds is 4. The van der Waals surface area contributed by atoms with Crippen LogP contribution in [0.2, 0.25) is 0 Å². The lowest BCUT2D eigenvalue weighted by Crippen LogP contribution is -2.37. The molecule has 0 unspecified atom stereocenters. The summed E-state index contributed by atoms with van der Waals surface area (Å²) in [5, 5.41) is 4.10. The van der Waals surface area contributed by atoms with E-state index >= 15 is 0 Å². The summed E-state index contributed by atoms with van der Waals surface area (Å²) in [6.45, 7) is 0.984. The molecule has 0 radical (unpaired) electrons. The molecular weight excluding hydrogens is 302 g/mol. The van der Waals surface area contributed by atoms with Crippen LogP contribution in [0.5, 0.6) is 0 Å². The second kappa shape index (κ2) is 6.31. The number of H-pyrrole nitrogens is 1. The van der Waals surface area contributed by atoms with Crippen molar-refractivity contribution in [2.75, 3.05) is 6.54 Å². The fraction of sp³-hybridized carbons (Fsp3) is 0.400. The number of carbonyl (C=O) groups is 1. The second-order valence-corrected chi connectivity index (χ2v) is 6.12. The molecular formula is C15H17N3O3S. The zero-order chi connectivity index (χ0) is 15.5. The number of hydrogen-bond acceptors (Lipinski definition) is 4. The van der Waals surface area contributed by atoms with E-state index in [1.54, 1.807) is 11.3 Å². The van der Waals surface area contributed by atoms with Crippen LogP contribution in [0.3, 0.4) is 0 Å². The highest BCUT2D eigenvalue weighted by atomic mass is 32.1. The molecule has 22 heavy (non-hydrogen) atoms. The first kappa shape index (κ1) is 14.8. The molecule has 6 nitrogen and oxygen atoms in total. The Bertz CT molecular complexity index is 763. The molecule has 0 saturated carbocycles. The van der Waals surface area contributed by atoms with Gasteiger partial charge in [-0.25, -0.2) is 0 Å². The number of nitrogens with zero attached hydrogens (tertiary/aromatic N) is 2. The van der Waals surface area contributed by atoms with Gasteiger partial charge in [-0.05, 0) is 35.2 Å². The molecule has 2 aromatic heterocycles. The lowest BCUT2D eigenvalue weighted by molar-refractivity contribution is -0.132. The minimum absolute atomic E-state index is 0.0286. The molecule has 0 aliphatic carbocycles. The second-order valence-electron chi connectivity index (χ2n) is 5.34. The number of aromatic nitrogens is 2. The predicted molar refractivity (Wildman–Crippen MR) is 83.9 cm³/mol. The van der Waals surface area contributed by atoms with Crippen molar-refractivity contribution in [1.82, 2.24) is 14.5 Å². The van der Waals surface area contributed by atoms with E-state index in [4.69, 9.17) is 0 Å². The smallest absolute Gasteiger partial charge is 0.316 e. The molecule has 1 atom stereocenters. The fourth-order valence-corrected chi connectivity index (χ4v) is 3.58. The summed E-state index contributed by atoms with van der Waals surface area (Å²) in [6, 6.07) is 2.21. The number of amides is 1. The third-order valence-electron chi connectivity index (χ3n) is 3.99. The molecule has 1 fully saturated rings. The molecule has 1 N–H and O–H groups in total. The summed E-state index contributed by atoms with van der Waals surface area (Å²) in [5.74, 6) is 0.0286. The molecule has 7 heteroatoms. The van der Waals surface area contributed by atoms with Crippen LogP contribution < -0.4 is 11.1 Å². The number of hydrogen-bond donors (Lipinski definition) is 1. The van der Waals surface area contributed by atoms with E-state index < -0.39 is 11.1 Å². The van der Waals surface area contributed by atoms with Gasteiger partial charge in [0.15, 0.2) is 0 Å². The Morgan fingerprint density at radius 2 is 2.27 bits per heavy atom. The van der Waals surface area contributed by atoms with Gasteiger partial charge in [0.2, 0.25) is 5.91 Å². The summed E-state index contributed by atoms with van der Waals surface area (Å²) < 4.78 is 1.28. The normalized spacial score (nSPS) is 17.8. The van der Waals surface area contributed by atoms with Crippen molar-refractivity contribution >= 4 is 17.2 Å². The van der Waals surface area contributed by atoms with E-state index in [9.17, 15) is 14.4 Å². The third-order valence-corrected chi connectivity index (χ3v) is 4.69. The van der Waals surface area contributed by atoms with E-state index in [1.807, 2.05) is 10.3 Å². The van der Waals surface area contributed by atoms with Gasteiger partial charge >= 0.3 is 11.1 Å². The summed E-state index contributed by atoms with van der Waals surface area (Å²) in [7, 11) is 0. The highest BCUT2D eigenvalue weighted by molar-refractivity contribution is 7.07. The van der Waals surface area contributed by atoms with E-state index in [0.29, 0.717) is 0 Å². The number of nitrogens with one attached hydrogen (secondary N) is 1. The topological polar surface area (TPSA) is 75.2 Å². The van der Waals surface area contributed by atoms with Crippen molar-refractivity contribution in [3.63, 3.8) is 0 Å². The number of aromatic amines is 1. The largest absolute Gasteiger partial charge is 0.336 e. The van der Waals surface area contributed by atoms with Crippen molar-refractivity contribution in [2.45, 2.75) is 31.8 Å². The quantitative estimate of drug-likeness (QED) is 0.865. The van der Waals surface area contributed by atoms with Crippen LogP contribution in [-0.2, 0) is 11.3 Å². The zero-order valence-electron chi connectivity index (χ0n) is 12.0. The molecule has 0 bridgehead atoms. The fourth-order valence-electron chi connectivity index (χ4n) is 2.87. The zero-order valence-corrected chi connectivity index (χ0v) is 12.8. The summed E-state index contributed by atoms with van der Waals surface area (Å²) in [5.41, 5.74) is -0.0949. The van der Waals surface area contributed by atoms with Crippen LogP contribution in [0.4, 0.5) is 0 Å². The first-order valence-electron chi connectivity index (χ1n) is 7.26. The Labute approximate surface area is 131 Å². The molecule has 1 aliphatic rings. The number of aryl methyl sites for hydroxylation is 1. The Hall–Kier alpha value is -2.15. The summed E-state index contributed by atoms with van der Waals surface area (Å²) in [4.78, 5) is 39.6. The first-order valence-corrected chi connectivity index (χ1v) is 8.21. The van der Waals surface area contributed by atoms with Crippen LogP contribution in [0.25, 0.3) is 0 Å². The van der Waals surface area contributed by atoms with Crippen LogP contribution in [-0.4, -0.2) is 26.9 Å².